The summed E-state index contributed by atoms with van der Waals surface area (Å²) in [5, 5.41) is 3.41. The van der Waals surface area contributed by atoms with Crippen LogP contribution in [-0.4, -0.2) is 25.4 Å². The number of hydrogen-bond donors (Lipinski definition) is 1. The molecular formula is C15H27NO3. The van der Waals surface area contributed by atoms with Crippen LogP contribution in [0.4, 0.5) is 0 Å². The topological polar surface area (TPSA) is 43.6 Å². The Labute approximate surface area is 116 Å². The van der Waals surface area contributed by atoms with Gasteiger partial charge in [0.05, 0.1) is 26.4 Å². The highest BCUT2D eigenvalue weighted by Crippen LogP contribution is 2.16. The lowest BCUT2D eigenvalue weighted by molar-refractivity contribution is 0.0449. The van der Waals surface area contributed by atoms with Gasteiger partial charge in [0, 0.05) is 17.7 Å². The van der Waals surface area contributed by atoms with Crippen molar-refractivity contribution in [2.24, 2.45) is 0 Å². The maximum absolute atomic E-state index is 5.71. The van der Waals surface area contributed by atoms with Crippen LogP contribution in [0, 0.1) is 6.92 Å². The average molecular weight is 269 g/mol. The highest BCUT2D eigenvalue weighted by atomic mass is 16.5. The van der Waals surface area contributed by atoms with E-state index in [0.29, 0.717) is 19.8 Å². The molecule has 1 aromatic heterocycles. The van der Waals surface area contributed by atoms with Crippen LogP contribution < -0.4 is 5.32 Å². The molecule has 0 aliphatic rings. The second-order valence-electron chi connectivity index (χ2n) is 5.65. The molecule has 110 valence electrons. The molecule has 0 saturated carbocycles. The fourth-order valence-corrected chi connectivity index (χ4v) is 1.61. The smallest absolute Gasteiger partial charge is 0.118 e. The van der Waals surface area contributed by atoms with E-state index in [-0.39, 0.29) is 5.54 Å². The molecule has 1 aromatic rings. The first-order valence-electron chi connectivity index (χ1n) is 6.91. The Kier molecular flexibility index (Phi) is 6.55. The largest absolute Gasteiger partial charge is 0.465 e. The van der Waals surface area contributed by atoms with E-state index in [9.17, 15) is 0 Å². The third-order valence-electron chi connectivity index (χ3n) is 2.70. The number of nitrogens with one attached hydrogen (secondary N) is 1. The summed E-state index contributed by atoms with van der Waals surface area (Å²) in [5.41, 5.74) is 1.21. The Balaban J connectivity index is 2.37. The Hall–Kier alpha value is -0.840. The zero-order valence-corrected chi connectivity index (χ0v) is 12.8. The Morgan fingerprint density at radius 3 is 2.53 bits per heavy atom. The van der Waals surface area contributed by atoms with Crippen molar-refractivity contribution >= 4 is 0 Å². The zero-order valence-electron chi connectivity index (χ0n) is 12.8. The molecule has 0 aromatic carbocycles. The molecular weight excluding hydrogens is 242 g/mol. The second-order valence-corrected chi connectivity index (χ2v) is 5.65. The highest BCUT2D eigenvalue weighted by molar-refractivity contribution is 5.20. The molecule has 0 amide bonds. The first-order chi connectivity index (χ1) is 8.92. The predicted octanol–water partition coefficient (Wildman–Crippen LogP) is 3.03. The van der Waals surface area contributed by atoms with Gasteiger partial charge in [-0.15, -0.1) is 0 Å². The third kappa shape index (κ3) is 6.76. The van der Waals surface area contributed by atoms with Crippen molar-refractivity contribution in [2.75, 3.05) is 19.8 Å². The molecule has 1 rings (SSSR count). The highest BCUT2D eigenvalue weighted by Gasteiger charge is 2.12. The lowest BCUT2D eigenvalue weighted by Crippen LogP contribution is -2.34. The lowest BCUT2D eigenvalue weighted by Gasteiger charge is -2.19. The van der Waals surface area contributed by atoms with E-state index in [1.54, 1.807) is 0 Å². The first-order valence-corrected chi connectivity index (χ1v) is 6.91. The first kappa shape index (κ1) is 16.2. The van der Waals surface area contributed by atoms with Crippen molar-refractivity contribution in [2.45, 2.75) is 53.3 Å². The maximum Gasteiger partial charge on any atom is 0.118 e. The van der Waals surface area contributed by atoms with Gasteiger partial charge in [-0.1, -0.05) is 0 Å². The third-order valence-corrected chi connectivity index (χ3v) is 2.70. The van der Waals surface area contributed by atoms with E-state index in [4.69, 9.17) is 13.9 Å². The molecule has 1 heterocycles. The van der Waals surface area contributed by atoms with E-state index in [0.717, 1.165) is 30.2 Å². The van der Waals surface area contributed by atoms with Gasteiger partial charge in [-0.05, 0) is 40.7 Å². The summed E-state index contributed by atoms with van der Waals surface area (Å²) in [5.74, 6) is 1.89. The Morgan fingerprint density at radius 2 is 1.89 bits per heavy atom. The molecule has 4 heteroatoms. The minimum Gasteiger partial charge on any atom is -0.465 e. The molecule has 0 aliphatic carbocycles. The summed E-state index contributed by atoms with van der Waals surface area (Å²) in [6, 6.07) is 2.06. The number of aryl methyl sites for hydroxylation is 1. The van der Waals surface area contributed by atoms with Crippen molar-refractivity contribution in [1.29, 1.82) is 0 Å². The van der Waals surface area contributed by atoms with Crippen LogP contribution in [0.15, 0.2) is 10.5 Å². The molecule has 0 bridgehead atoms. The van der Waals surface area contributed by atoms with Crippen molar-refractivity contribution in [3.63, 3.8) is 0 Å². The van der Waals surface area contributed by atoms with Crippen molar-refractivity contribution < 1.29 is 13.9 Å². The van der Waals surface area contributed by atoms with Crippen molar-refractivity contribution in [3.05, 3.63) is 23.2 Å². The van der Waals surface area contributed by atoms with Crippen LogP contribution >= 0.6 is 0 Å². The quantitative estimate of drug-likeness (QED) is 0.737. The predicted molar refractivity (Wildman–Crippen MR) is 76.2 cm³/mol. The monoisotopic (exact) mass is 269 g/mol. The Bertz CT molecular complexity index is 366. The molecule has 0 atom stereocenters. The fourth-order valence-electron chi connectivity index (χ4n) is 1.61. The van der Waals surface area contributed by atoms with Crippen LogP contribution in [0.1, 0.15) is 44.8 Å². The van der Waals surface area contributed by atoms with E-state index >= 15 is 0 Å². The fraction of sp³-hybridized carbons (Fsp3) is 0.733. The van der Waals surface area contributed by atoms with Gasteiger partial charge in [0.25, 0.3) is 0 Å². The Morgan fingerprint density at radius 1 is 1.21 bits per heavy atom. The van der Waals surface area contributed by atoms with E-state index < -0.39 is 0 Å². The average Bonchev–Trinajstić information content (AvgIpc) is 2.67. The molecule has 0 aliphatic heterocycles. The molecule has 0 saturated heterocycles. The van der Waals surface area contributed by atoms with Crippen molar-refractivity contribution in [1.82, 2.24) is 5.32 Å². The van der Waals surface area contributed by atoms with Gasteiger partial charge in [0.1, 0.15) is 11.5 Å². The van der Waals surface area contributed by atoms with Crippen LogP contribution in [0.3, 0.4) is 0 Å². The number of furan rings is 1. The summed E-state index contributed by atoms with van der Waals surface area (Å²) in [6.45, 7) is 13.7. The normalized spacial score (nSPS) is 12.1. The molecule has 0 unspecified atom stereocenters. The van der Waals surface area contributed by atoms with Crippen molar-refractivity contribution in [3.8, 4) is 0 Å². The van der Waals surface area contributed by atoms with E-state index in [1.165, 1.54) is 0 Å². The van der Waals surface area contributed by atoms with E-state index in [2.05, 4.69) is 32.2 Å². The van der Waals surface area contributed by atoms with Gasteiger partial charge >= 0.3 is 0 Å². The van der Waals surface area contributed by atoms with Crippen LogP contribution in [0.25, 0.3) is 0 Å². The SMILES string of the molecule is CCOCCOCc1cc(CNC(C)(C)C)oc1C. The summed E-state index contributed by atoms with van der Waals surface area (Å²) in [7, 11) is 0. The van der Waals surface area contributed by atoms with Gasteiger partial charge < -0.3 is 19.2 Å². The molecule has 0 fully saturated rings. The zero-order chi connectivity index (χ0) is 14.3. The van der Waals surface area contributed by atoms with Gasteiger partial charge in [-0.3, -0.25) is 0 Å². The maximum atomic E-state index is 5.71. The number of ether oxygens (including phenoxy) is 2. The summed E-state index contributed by atoms with van der Waals surface area (Å²) >= 11 is 0. The van der Waals surface area contributed by atoms with Gasteiger partial charge in [-0.25, -0.2) is 0 Å². The summed E-state index contributed by atoms with van der Waals surface area (Å²) < 4.78 is 16.5. The molecule has 0 spiro atoms. The van der Waals surface area contributed by atoms with Crippen LogP contribution in [0.5, 0.6) is 0 Å². The van der Waals surface area contributed by atoms with Gasteiger partial charge in [-0.2, -0.15) is 0 Å². The van der Waals surface area contributed by atoms with Crippen LogP contribution in [-0.2, 0) is 22.6 Å². The minimum absolute atomic E-state index is 0.0921. The summed E-state index contributed by atoms with van der Waals surface area (Å²) in [6.07, 6.45) is 0. The van der Waals surface area contributed by atoms with Crippen LogP contribution in [0.2, 0.25) is 0 Å². The minimum atomic E-state index is 0.0921. The second kappa shape index (κ2) is 7.68. The number of rotatable bonds is 8. The standard InChI is InChI=1S/C15H27NO3/c1-6-17-7-8-18-11-13-9-14(19-12(13)2)10-16-15(3,4)5/h9,16H,6-8,10-11H2,1-5H3. The molecule has 4 nitrogen and oxygen atoms in total. The van der Waals surface area contributed by atoms with Gasteiger partial charge in [0.15, 0.2) is 0 Å². The molecule has 19 heavy (non-hydrogen) atoms. The van der Waals surface area contributed by atoms with E-state index in [1.807, 2.05) is 13.8 Å². The molecule has 0 radical (unpaired) electrons. The van der Waals surface area contributed by atoms with Gasteiger partial charge in [0.2, 0.25) is 0 Å². The summed E-state index contributed by atoms with van der Waals surface area (Å²) in [4.78, 5) is 0. The lowest BCUT2D eigenvalue weighted by atomic mass is 10.1. The number of hydrogen-bond acceptors (Lipinski definition) is 4. The molecule has 1 N–H and O–H groups in total.